The molecule has 0 radical (unpaired) electrons. The Bertz CT molecular complexity index is 499. The molecule has 0 atom stereocenters. The normalized spacial score (nSPS) is 17.3. The molecule has 21 heavy (non-hydrogen) atoms. The van der Waals surface area contributed by atoms with Crippen LogP contribution < -0.4 is 10.1 Å². The van der Waals surface area contributed by atoms with Crippen LogP contribution in [0.5, 0.6) is 5.75 Å². The summed E-state index contributed by atoms with van der Waals surface area (Å²) in [5.74, 6) is 0.531. The number of alkyl halides is 1. The van der Waals surface area contributed by atoms with Crippen molar-refractivity contribution in [2.45, 2.75) is 32.1 Å². The van der Waals surface area contributed by atoms with Crippen molar-refractivity contribution in [1.82, 2.24) is 5.32 Å². The van der Waals surface area contributed by atoms with Gasteiger partial charge in [-0.25, -0.2) is 0 Å². The van der Waals surface area contributed by atoms with E-state index in [-0.39, 0.29) is 11.3 Å². The molecule has 3 nitrogen and oxygen atoms in total. The third-order valence-electron chi connectivity index (χ3n) is 4.23. The second kappa shape index (κ2) is 7.63. The molecule has 116 valence electrons. The Hall–Kier alpha value is -0.550. The van der Waals surface area contributed by atoms with Gasteiger partial charge in [0.2, 0.25) is 0 Å². The number of carbonyl (C=O) groups excluding carboxylic acids is 1. The second-order valence-electron chi connectivity index (χ2n) is 5.72. The number of rotatable bonds is 5. The summed E-state index contributed by atoms with van der Waals surface area (Å²) >= 11 is 7.02. The van der Waals surface area contributed by atoms with Gasteiger partial charge >= 0.3 is 0 Å². The lowest BCUT2D eigenvalue weighted by molar-refractivity contribution is 0.0919. The van der Waals surface area contributed by atoms with Crippen LogP contribution in [-0.4, -0.2) is 24.9 Å². The van der Waals surface area contributed by atoms with Crippen molar-refractivity contribution in [3.63, 3.8) is 0 Å². The summed E-state index contributed by atoms with van der Waals surface area (Å²) in [5, 5.41) is 4.03. The smallest absolute Gasteiger partial charge is 0.255 e. The molecule has 0 bridgehead atoms. The van der Waals surface area contributed by atoms with Gasteiger partial charge in [-0.05, 0) is 36.5 Å². The zero-order valence-corrected chi connectivity index (χ0v) is 15.4. The SMILES string of the molecule is COc1cc(Br)ccc1C(=O)NCC1(CBr)CCCCC1. The summed E-state index contributed by atoms with van der Waals surface area (Å²) in [4.78, 5) is 12.4. The number of amides is 1. The molecule has 0 unspecified atom stereocenters. The average Bonchev–Trinajstić information content (AvgIpc) is 2.53. The minimum absolute atomic E-state index is 0.0646. The Morgan fingerprint density at radius 2 is 2.05 bits per heavy atom. The van der Waals surface area contributed by atoms with Crippen LogP contribution >= 0.6 is 31.9 Å². The number of nitrogens with one attached hydrogen (secondary N) is 1. The van der Waals surface area contributed by atoms with Crippen molar-refractivity contribution < 1.29 is 9.53 Å². The van der Waals surface area contributed by atoms with Crippen molar-refractivity contribution in [2.75, 3.05) is 19.0 Å². The van der Waals surface area contributed by atoms with Gasteiger partial charge in [-0.15, -0.1) is 0 Å². The average molecular weight is 419 g/mol. The molecule has 1 aromatic carbocycles. The van der Waals surface area contributed by atoms with Gasteiger partial charge in [0.15, 0.2) is 0 Å². The molecule has 0 aliphatic heterocycles. The summed E-state index contributed by atoms with van der Waals surface area (Å²) < 4.78 is 6.19. The lowest BCUT2D eigenvalue weighted by Gasteiger charge is -2.35. The zero-order valence-electron chi connectivity index (χ0n) is 12.3. The van der Waals surface area contributed by atoms with Gasteiger partial charge in [-0.3, -0.25) is 4.79 Å². The summed E-state index contributed by atoms with van der Waals surface area (Å²) in [6.07, 6.45) is 6.17. The van der Waals surface area contributed by atoms with Crippen LogP contribution in [0.2, 0.25) is 0 Å². The molecule has 1 aliphatic rings. The van der Waals surface area contributed by atoms with Crippen LogP contribution in [0.3, 0.4) is 0 Å². The molecule has 1 aliphatic carbocycles. The van der Waals surface area contributed by atoms with Gasteiger partial charge in [-0.2, -0.15) is 0 Å². The maximum atomic E-state index is 12.4. The molecular formula is C16H21Br2NO2. The Kier molecular flexibility index (Phi) is 6.11. The van der Waals surface area contributed by atoms with Crippen LogP contribution in [0.1, 0.15) is 42.5 Å². The number of methoxy groups -OCH3 is 1. The first kappa shape index (κ1) is 16.8. The van der Waals surface area contributed by atoms with Crippen LogP contribution in [0.15, 0.2) is 22.7 Å². The molecule has 1 saturated carbocycles. The van der Waals surface area contributed by atoms with E-state index in [0.29, 0.717) is 11.3 Å². The Balaban J connectivity index is 2.04. The van der Waals surface area contributed by atoms with Crippen LogP contribution in [0.25, 0.3) is 0 Å². The third kappa shape index (κ3) is 4.22. The maximum absolute atomic E-state index is 12.4. The Morgan fingerprint density at radius 3 is 2.67 bits per heavy atom. The Morgan fingerprint density at radius 1 is 1.33 bits per heavy atom. The van der Waals surface area contributed by atoms with Crippen LogP contribution in [0.4, 0.5) is 0 Å². The predicted octanol–water partition coefficient (Wildman–Crippen LogP) is 4.53. The van der Waals surface area contributed by atoms with Gasteiger partial charge in [0, 0.05) is 16.3 Å². The highest BCUT2D eigenvalue weighted by Gasteiger charge is 2.31. The lowest BCUT2D eigenvalue weighted by atomic mass is 9.75. The van der Waals surface area contributed by atoms with E-state index >= 15 is 0 Å². The largest absolute Gasteiger partial charge is 0.496 e. The highest BCUT2D eigenvalue weighted by molar-refractivity contribution is 9.10. The molecule has 1 amide bonds. The first-order chi connectivity index (χ1) is 10.1. The lowest BCUT2D eigenvalue weighted by Crippen LogP contribution is -2.40. The first-order valence-corrected chi connectivity index (χ1v) is 9.19. The molecule has 5 heteroatoms. The molecule has 0 aromatic heterocycles. The van der Waals surface area contributed by atoms with Crippen molar-refractivity contribution in [3.8, 4) is 5.75 Å². The minimum atomic E-state index is -0.0646. The molecule has 2 rings (SSSR count). The molecule has 0 saturated heterocycles. The van der Waals surface area contributed by atoms with Gasteiger partial charge in [0.05, 0.1) is 12.7 Å². The first-order valence-electron chi connectivity index (χ1n) is 7.28. The number of carbonyl (C=O) groups is 1. The van der Waals surface area contributed by atoms with E-state index < -0.39 is 0 Å². The van der Waals surface area contributed by atoms with E-state index in [4.69, 9.17) is 4.74 Å². The van der Waals surface area contributed by atoms with Crippen molar-refractivity contribution in [1.29, 1.82) is 0 Å². The summed E-state index contributed by atoms with van der Waals surface area (Å²) in [6.45, 7) is 0.719. The maximum Gasteiger partial charge on any atom is 0.255 e. The van der Waals surface area contributed by atoms with E-state index in [1.807, 2.05) is 12.1 Å². The topological polar surface area (TPSA) is 38.3 Å². The fourth-order valence-corrected chi connectivity index (χ4v) is 3.97. The Labute approximate surface area is 143 Å². The molecule has 1 fully saturated rings. The van der Waals surface area contributed by atoms with Crippen LogP contribution in [0, 0.1) is 5.41 Å². The molecular weight excluding hydrogens is 398 g/mol. The summed E-state index contributed by atoms with van der Waals surface area (Å²) in [5.41, 5.74) is 0.789. The van der Waals surface area contributed by atoms with Crippen molar-refractivity contribution in [3.05, 3.63) is 28.2 Å². The van der Waals surface area contributed by atoms with E-state index in [1.54, 1.807) is 13.2 Å². The zero-order chi connectivity index (χ0) is 15.3. The monoisotopic (exact) mass is 417 g/mol. The van der Waals surface area contributed by atoms with Gasteiger partial charge in [-0.1, -0.05) is 51.1 Å². The van der Waals surface area contributed by atoms with E-state index in [2.05, 4.69) is 37.2 Å². The summed E-state index contributed by atoms with van der Waals surface area (Å²) in [6, 6.07) is 5.47. The van der Waals surface area contributed by atoms with E-state index in [0.717, 1.165) is 16.3 Å². The molecule has 1 aromatic rings. The predicted molar refractivity (Wildman–Crippen MR) is 92.3 cm³/mol. The molecule has 0 spiro atoms. The minimum Gasteiger partial charge on any atom is -0.496 e. The number of hydrogen-bond donors (Lipinski definition) is 1. The highest BCUT2D eigenvalue weighted by Crippen LogP contribution is 2.37. The molecule has 0 heterocycles. The number of ether oxygens (including phenoxy) is 1. The highest BCUT2D eigenvalue weighted by atomic mass is 79.9. The van der Waals surface area contributed by atoms with Crippen molar-refractivity contribution >= 4 is 37.8 Å². The van der Waals surface area contributed by atoms with Crippen molar-refractivity contribution in [2.24, 2.45) is 5.41 Å². The van der Waals surface area contributed by atoms with Gasteiger partial charge < -0.3 is 10.1 Å². The third-order valence-corrected chi connectivity index (χ3v) is 5.91. The van der Waals surface area contributed by atoms with Gasteiger partial charge in [0.25, 0.3) is 5.91 Å². The molecule has 1 N–H and O–H groups in total. The number of hydrogen-bond acceptors (Lipinski definition) is 2. The van der Waals surface area contributed by atoms with Gasteiger partial charge in [0.1, 0.15) is 5.75 Å². The number of benzene rings is 1. The number of halogens is 2. The fraction of sp³-hybridized carbons (Fsp3) is 0.562. The summed E-state index contributed by atoms with van der Waals surface area (Å²) in [7, 11) is 1.58. The fourth-order valence-electron chi connectivity index (χ4n) is 2.88. The van der Waals surface area contributed by atoms with E-state index in [1.165, 1.54) is 32.1 Å². The quantitative estimate of drug-likeness (QED) is 0.713. The standard InChI is InChI=1S/C16H21Br2NO2/c1-21-14-9-12(18)5-6-13(14)15(20)19-11-16(10-17)7-3-2-4-8-16/h5-6,9H,2-4,7-8,10-11H2,1H3,(H,19,20). The van der Waals surface area contributed by atoms with E-state index in [9.17, 15) is 4.79 Å². The van der Waals surface area contributed by atoms with Crippen LogP contribution in [-0.2, 0) is 0 Å². The second-order valence-corrected chi connectivity index (χ2v) is 7.20.